The van der Waals surface area contributed by atoms with Crippen molar-refractivity contribution in [2.75, 3.05) is 13.1 Å². The van der Waals surface area contributed by atoms with Crippen molar-refractivity contribution in [1.29, 1.82) is 0 Å². The second kappa shape index (κ2) is 3.41. The van der Waals surface area contributed by atoms with Crippen LogP contribution in [0.1, 0.15) is 6.42 Å². The maximum absolute atomic E-state index is 8.11. The van der Waals surface area contributed by atoms with Gasteiger partial charge in [0.05, 0.1) is 6.04 Å². The summed E-state index contributed by atoms with van der Waals surface area (Å²) in [6, 6.07) is -0.0177. The van der Waals surface area contributed by atoms with Crippen molar-refractivity contribution in [3.63, 3.8) is 0 Å². The highest BCUT2D eigenvalue weighted by Crippen LogP contribution is 2.04. The average molecular weight is 141 g/mol. The molecule has 3 N–H and O–H groups in total. The molecule has 0 saturated carbocycles. The molecule has 0 spiro atoms. The highest BCUT2D eigenvalue weighted by molar-refractivity contribution is 4.86. The van der Waals surface area contributed by atoms with Crippen LogP contribution in [0.5, 0.6) is 0 Å². The van der Waals surface area contributed by atoms with E-state index in [1.54, 1.807) is 0 Å². The molecule has 1 heterocycles. The minimum atomic E-state index is -0.0567. The van der Waals surface area contributed by atoms with Crippen LogP contribution >= 0.6 is 0 Å². The second-order valence-electron chi connectivity index (χ2n) is 2.43. The normalized spacial score (nSPS) is 32.9. The molecule has 5 nitrogen and oxygen atoms in total. The molecule has 0 aromatic carbocycles. The molecule has 56 valence electrons. The van der Waals surface area contributed by atoms with Crippen LogP contribution in [-0.4, -0.2) is 25.2 Å². The minimum Gasteiger partial charge on any atom is -0.327 e. The lowest BCUT2D eigenvalue weighted by molar-refractivity contribution is 0.401. The SMILES string of the molecule is [N-]=[N+]=NC1CNCCC1N. The summed E-state index contributed by atoms with van der Waals surface area (Å²) in [4.78, 5) is 2.71. The summed E-state index contributed by atoms with van der Waals surface area (Å²) >= 11 is 0. The first kappa shape index (κ1) is 7.34. The van der Waals surface area contributed by atoms with E-state index < -0.39 is 0 Å². The molecule has 10 heavy (non-hydrogen) atoms. The van der Waals surface area contributed by atoms with Gasteiger partial charge < -0.3 is 11.1 Å². The van der Waals surface area contributed by atoms with Crippen LogP contribution in [0.3, 0.4) is 0 Å². The number of rotatable bonds is 1. The van der Waals surface area contributed by atoms with Crippen molar-refractivity contribution in [2.24, 2.45) is 10.8 Å². The van der Waals surface area contributed by atoms with Crippen LogP contribution < -0.4 is 11.1 Å². The predicted molar refractivity (Wildman–Crippen MR) is 38.4 cm³/mol. The van der Waals surface area contributed by atoms with Crippen molar-refractivity contribution in [3.05, 3.63) is 10.4 Å². The fourth-order valence-electron chi connectivity index (χ4n) is 1.06. The van der Waals surface area contributed by atoms with Gasteiger partial charge in [0.1, 0.15) is 0 Å². The molecule has 1 fully saturated rings. The second-order valence-corrected chi connectivity index (χ2v) is 2.43. The topological polar surface area (TPSA) is 86.8 Å². The summed E-state index contributed by atoms with van der Waals surface area (Å²) in [5, 5.41) is 6.66. The molecule has 0 aliphatic carbocycles. The summed E-state index contributed by atoms with van der Waals surface area (Å²) in [6.07, 6.45) is 0.893. The zero-order chi connectivity index (χ0) is 7.40. The minimum absolute atomic E-state index is 0.0390. The zero-order valence-electron chi connectivity index (χ0n) is 5.70. The molecule has 0 radical (unpaired) electrons. The lowest BCUT2D eigenvalue weighted by Gasteiger charge is -2.25. The van der Waals surface area contributed by atoms with Gasteiger partial charge in [-0.3, -0.25) is 0 Å². The Hall–Kier alpha value is -0.770. The lowest BCUT2D eigenvalue weighted by Crippen LogP contribution is -2.47. The molecule has 1 aliphatic heterocycles. The van der Waals surface area contributed by atoms with Crippen LogP contribution in [0, 0.1) is 0 Å². The summed E-state index contributed by atoms with van der Waals surface area (Å²) in [5.74, 6) is 0. The smallest absolute Gasteiger partial charge is 0.0650 e. The van der Waals surface area contributed by atoms with Gasteiger partial charge in [-0.2, -0.15) is 0 Å². The van der Waals surface area contributed by atoms with Crippen LogP contribution in [0.25, 0.3) is 10.4 Å². The lowest BCUT2D eigenvalue weighted by atomic mass is 10.0. The third-order valence-electron chi connectivity index (χ3n) is 1.70. The number of hydrogen-bond acceptors (Lipinski definition) is 3. The van der Waals surface area contributed by atoms with Crippen molar-refractivity contribution in [3.8, 4) is 0 Å². The summed E-state index contributed by atoms with van der Waals surface area (Å²) in [7, 11) is 0. The number of nitrogens with one attached hydrogen (secondary N) is 1. The molecular formula is C5H11N5. The molecule has 1 aliphatic rings. The zero-order valence-corrected chi connectivity index (χ0v) is 5.70. The van der Waals surface area contributed by atoms with E-state index in [1.807, 2.05) is 0 Å². The number of hydrogen-bond donors (Lipinski definition) is 2. The first-order chi connectivity index (χ1) is 4.84. The van der Waals surface area contributed by atoms with Gasteiger partial charge >= 0.3 is 0 Å². The number of nitrogens with two attached hydrogens (primary N) is 1. The Labute approximate surface area is 59.2 Å². The van der Waals surface area contributed by atoms with Crippen molar-refractivity contribution in [1.82, 2.24) is 5.32 Å². The molecule has 0 amide bonds. The Morgan fingerprint density at radius 2 is 2.50 bits per heavy atom. The van der Waals surface area contributed by atoms with E-state index in [0.717, 1.165) is 13.0 Å². The third kappa shape index (κ3) is 1.60. The quantitative estimate of drug-likeness (QED) is 0.305. The van der Waals surface area contributed by atoms with Gasteiger partial charge in [-0.05, 0) is 18.5 Å². The Balaban J connectivity index is 2.47. The Morgan fingerprint density at radius 3 is 3.10 bits per heavy atom. The number of nitrogens with zero attached hydrogens (tertiary/aromatic N) is 3. The summed E-state index contributed by atoms with van der Waals surface area (Å²) in [5.41, 5.74) is 13.8. The van der Waals surface area contributed by atoms with Gasteiger partial charge in [0.2, 0.25) is 0 Å². The van der Waals surface area contributed by atoms with Gasteiger partial charge in [-0.1, -0.05) is 5.11 Å². The van der Waals surface area contributed by atoms with Gasteiger partial charge in [0, 0.05) is 17.5 Å². The molecule has 2 unspecified atom stereocenters. The highest BCUT2D eigenvalue weighted by atomic mass is 15.2. The monoisotopic (exact) mass is 141 g/mol. The van der Waals surface area contributed by atoms with Gasteiger partial charge in [0.25, 0.3) is 0 Å². The van der Waals surface area contributed by atoms with Gasteiger partial charge in [-0.25, -0.2) is 0 Å². The van der Waals surface area contributed by atoms with Crippen LogP contribution in [0.4, 0.5) is 0 Å². The Morgan fingerprint density at radius 1 is 1.70 bits per heavy atom. The highest BCUT2D eigenvalue weighted by Gasteiger charge is 2.19. The maximum Gasteiger partial charge on any atom is 0.0650 e. The summed E-state index contributed by atoms with van der Waals surface area (Å²) in [6.45, 7) is 1.64. The van der Waals surface area contributed by atoms with E-state index >= 15 is 0 Å². The van der Waals surface area contributed by atoms with E-state index in [0.29, 0.717) is 6.54 Å². The van der Waals surface area contributed by atoms with E-state index in [4.69, 9.17) is 11.3 Å². The maximum atomic E-state index is 8.11. The fourth-order valence-corrected chi connectivity index (χ4v) is 1.06. The Kier molecular flexibility index (Phi) is 2.50. The molecule has 0 aromatic rings. The average Bonchev–Trinajstić information content (AvgIpc) is 1.94. The van der Waals surface area contributed by atoms with Crippen LogP contribution in [0.2, 0.25) is 0 Å². The molecule has 5 heteroatoms. The molecule has 0 bridgehead atoms. The van der Waals surface area contributed by atoms with Crippen molar-refractivity contribution < 1.29 is 0 Å². The van der Waals surface area contributed by atoms with Gasteiger partial charge in [0.15, 0.2) is 0 Å². The fraction of sp³-hybridized carbons (Fsp3) is 1.00. The van der Waals surface area contributed by atoms with Crippen molar-refractivity contribution in [2.45, 2.75) is 18.5 Å². The van der Waals surface area contributed by atoms with Crippen LogP contribution in [0.15, 0.2) is 5.11 Å². The first-order valence-corrected chi connectivity index (χ1v) is 3.35. The van der Waals surface area contributed by atoms with Crippen LogP contribution in [-0.2, 0) is 0 Å². The Bertz CT molecular complexity index is 150. The van der Waals surface area contributed by atoms with E-state index in [9.17, 15) is 0 Å². The molecule has 1 rings (SSSR count). The van der Waals surface area contributed by atoms with E-state index in [-0.39, 0.29) is 12.1 Å². The molecular weight excluding hydrogens is 130 g/mol. The number of piperidine rings is 1. The van der Waals surface area contributed by atoms with Crippen molar-refractivity contribution >= 4 is 0 Å². The van der Waals surface area contributed by atoms with E-state index in [2.05, 4.69) is 15.3 Å². The summed E-state index contributed by atoms with van der Waals surface area (Å²) < 4.78 is 0. The predicted octanol–water partition coefficient (Wildman–Crippen LogP) is -0.0141. The third-order valence-corrected chi connectivity index (χ3v) is 1.70. The largest absolute Gasteiger partial charge is 0.327 e. The molecule has 0 aromatic heterocycles. The molecule has 2 atom stereocenters. The molecule has 1 saturated heterocycles. The standard InChI is InChI=1S/C5H11N5/c6-4-1-2-8-3-5(4)9-10-7/h4-5,8H,1-3,6H2. The first-order valence-electron chi connectivity index (χ1n) is 3.35. The van der Waals surface area contributed by atoms with E-state index in [1.165, 1.54) is 0 Å². The van der Waals surface area contributed by atoms with Gasteiger partial charge in [-0.15, -0.1) is 0 Å². The number of azide groups is 1.